The van der Waals surface area contributed by atoms with Gasteiger partial charge < -0.3 is 10.5 Å². The van der Waals surface area contributed by atoms with Crippen molar-refractivity contribution in [3.8, 4) is 11.3 Å². The highest BCUT2D eigenvalue weighted by atomic mass is 32.2. The molecule has 5 heteroatoms. The van der Waals surface area contributed by atoms with Gasteiger partial charge in [0.2, 0.25) is 0 Å². The smallest absolute Gasteiger partial charge is 0.123 e. The summed E-state index contributed by atoms with van der Waals surface area (Å²) in [6.07, 6.45) is 0.162. The second kappa shape index (κ2) is 6.05. The molecule has 100 valence electrons. The molecule has 0 radical (unpaired) electrons. The van der Waals surface area contributed by atoms with Gasteiger partial charge in [-0.2, -0.15) is 11.8 Å². The van der Waals surface area contributed by atoms with Gasteiger partial charge in [0, 0.05) is 29.0 Å². The minimum Gasteiger partial charge on any atom is -0.369 e. The highest BCUT2D eigenvalue weighted by Gasteiger charge is 2.20. The molecule has 1 atom stereocenters. The van der Waals surface area contributed by atoms with Gasteiger partial charge in [-0.3, -0.25) is 0 Å². The summed E-state index contributed by atoms with van der Waals surface area (Å²) in [6.45, 7) is 1.39. The molecule has 1 aromatic carbocycles. The molecule has 2 heterocycles. The van der Waals surface area contributed by atoms with E-state index in [4.69, 9.17) is 15.5 Å². The Morgan fingerprint density at radius 2 is 2.37 bits per heavy atom. The van der Waals surface area contributed by atoms with E-state index in [1.807, 2.05) is 23.9 Å². The maximum absolute atomic E-state index is 5.77. The zero-order valence-electron chi connectivity index (χ0n) is 10.5. The Labute approximate surface area is 121 Å². The Bertz CT molecular complexity index is 550. The molecule has 0 bridgehead atoms. The third-order valence-corrected chi connectivity index (χ3v) is 5.00. The number of hydrogen-bond acceptors (Lipinski definition) is 5. The monoisotopic (exact) mass is 292 g/mol. The van der Waals surface area contributed by atoms with Crippen LogP contribution in [0.25, 0.3) is 11.3 Å². The summed E-state index contributed by atoms with van der Waals surface area (Å²) >= 11 is 3.62. The van der Waals surface area contributed by atoms with Crippen LogP contribution in [0.2, 0.25) is 0 Å². The average molecular weight is 292 g/mol. The number of nitrogens with two attached hydrogens (primary N) is 1. The van der Waals surface area contributed by atoms with Crippen LogP contribution in [-0.2, 0) is 11.3 Å². The fraction of sp³-hybridized carbons (Fsp3) is 0.357. The van der Waals surface area contributed by atoms with E-state index >= 15 is 0 Å². The normalized spacial score (nSPS) is 19.5. The molecule has 0 spiro atoms. The van der Waals surface area contributed by atoms with Crippen LogP contribution in [0.4, 0.5) is 0 Å². The molecule has 1 fully saturated rings. The second-order valence-electron chi connectivity index (χ2n) is 4.41. The molecule has 1 unspecified atom stereocenters. The standard InChI is InChI=1S/C14H16N2OS2/c15-7-10-2-1-3-11(6-10)12-8-19-14(16-12)13-9-18-5-4-17-13/h1-3,6,8,13H,4-5,7,9,15H2. The first-order valence-electron chi connectivity index (χ1n) is 6.31. The SMILES string of the molecule is NCc1cccc(-c2csc(C3CSCCO3)n2)c1. The second-order valence-corrected chi connectivity index (χ2v) is 6.45. The molecule has 1 aromatic heterocycles. The van der Waals surface area contributed by atoms with Crippen molar-refractivity contribution in [1.82, 2.24) is 4.98 Å². The summed E-state index contributed by atoms with van der Waals surface area (Å²) in [5, 5.41) is 3.19. The van der Waals surface area contributed by atoms with Crippen molar-refractivity contribution in [1.29, 1.82) is 0 Å². The first kappa shape index (κ1) is 13.1. The number of thioether (sulfide) groups is 1. The van der Waals surface area contributed by atoms with Crippen LogP contribution in [-0.4, -0.2) is 23.1 Å². The van der Waals surface area contributed by atoms with Gasteiger partial charge in [0.25, 0.3) is 0 Å². The minimum atomic E-state index is 0.162. The van der Waals surface area contributed by atoms with Gasteiger partial charge in [0.1, 0.15) is 11.1 Å². The topological polar surface area (TPSA) is 48.1 Å². The third kappa shape index (κ3) is 3.00. The van der Waals surface area contributed by atoms with Gasteiger partial charge in [0.05, 0.1) is 12.3 Å². The van der Waals surface area contributed by atoms with Gasteiger partial charge in [-0.15, -0.1) is 11.3 Å². The molecule has 0 amide bonds. The van der Waals surface area contributed by atoms with E-state index in [1.54, 1.807) is 11.3 Å². The van der Waals surface area contributed by atoms with Crippen LogP contribution in [0, 0.1) is 0 Å². The summed E-state index contributed by atoms with van der Waals surface area (Å²) in [7, 11) is 0. The van der Waals surface area contributed by atoms with E-state index in [9.17, 15) is 0 Å². The van der Waals surface area contributed by atoms with Crippen molar-refractivity contribution >= 4 is 23.1 Å². The number of hydrogen-bond donors (Lipinski definition) is 1. The van der Waals surface area contributed by atoms with Gasteiger partial charge in [-0.25, -0.2) is 4.98 Å². The van der Waals surface area contributed by atoms with E-state index in [-0.39, 0.29) is 6.10 Å². The number of nitrogens with zero attached hydrogens (tertiary/aromatic N) is 1. The maximum atomic E-state index is 5.77. The Morgan fingerprint density at radius 1 is 1.42 bits per heavy atom. The summed E-state index contributed by atoms with van der Waals surface area (Å²) in [5.74, 6) is 2.10. The van der Waals surface area contributed by atoms with Crippen LogP contribution >= 0.6 is 23.1 Å². The van der Waals surface area contributed by atoms with Crippen molar-refractivity contribution in [3.63, 3.8) is 0 Å². The number of thiazole rings is 1. The molecule has 0 aliphatic carbocycles. The highest BCUT2D eigenvalue weighted by molar-refractivity contribution is 7.99. The van der Waals surface area contributed by atoms with E-state index in [1.165, 1.54) is 0 Å². The largest absolute Gasteiger partial charge is 0.369 e. The van der Waals surface area contributed by atoms with Gasteiger partial charge >= 0.3 is 0 Å². The fourth-order valence-electron chi connectivity index (χ4n) is 2.06. The molecule has 19 heavy (non-hydrogen) atoms. The van der Waals surface area contributed by atoms with Crippen LogP contribution in [0.1, 0.15) is 16.7 Å². The summed E-state index contributed by atoms with van der Waals surface area (Å²) in [4.78, 5) is 4.72. The lowest BCUT2D eigenvalue weighted by Gasteiger charge is -2.19. The first-order valence-corrected chi connectivity index (χ1v) is 8.34. The van der Waals surface area contributed by atoms with E-state index in [2.05, 4.69) is 17.5 Å². The Balaban J connectivity index is 1.83. The highest BCUT2D eigenvalue weighted by Crippen LogP contribution is 2.31. The minimum absolute atomic E-state index is 0.162. The first-order chi connectivity index (χ1) is 9.36. The number of rotatable bonds is 3. The molecular formula is C14H16N2OS2. The fourth-order valence-corrected chi connectivity index (χ4v) is 3.89. The van der Waals surface area contributed by atoms with Crippen molar-refractivity contribution in [2.75, 3.05) is 18.1 Å². The lowest BCUT2D eigenvalue weighted by molar-refractivity contribution is 0.0756. The molecular weight excluding hydrogens is 276 g/mol. The summed E-state index contributed by atoms with van der Waals surface area (Å²) < 4.78 is 5.77. The molecule has 1 aliphatic rings. The van der Waals surface area contributed by atoms with Gasteiger partial charge in [-0.05, 0) is 11.6 Å². The van der Waals surface area contributed by atoms with Gasteiger partial charge in [-0.1, -0.05) is 18.2 Å². The van der Waals surface area contributed by atoms with Crippen molar-refractivity contribution in [2.45, 2.75) is 12.6 Å². The van der Waals surface area contributed by atoms with Gasteiger partial charge in [0.15, 0.2) is 0 Å². The number of aromatic nitrogens is 1. The Morgan fingerprint density at radius 3 is 3.16 bits per heavy atom. The zero-order valence-corrected chi connectivity index (χ0v) is 12.2. The Hall–Kier alpha value is -0.880. The van der Waals surface area contributed by atoms with Crippen LogP contribution in [0.5, 0.6) is 0 Å². The number of benzene rings is 1. The molecule has 0 saturated carbocycles. The summed E-state index contributed by atoms with van der Waals surface area (Å²) in [5.41, 5.74) is 8.97. The van der Waals surface area contributed by atoms with Crippen LogP contribution in [0.15, 0.2) is 29.6 Å². The maximum Gasteiger partial charge on any atom is 0.123 e. The zero-order chi connectivity index (χ0) is 13.1. The van der Waals surface area contributed by atoms with E-state index in [0.717, 1.165) is 39.9 Å². The predicted molar refractivity (Wildman–Crippen MR) is 81.5 cm³/mol. The molecule has 3 nitrogen and oxygen atoms in total. The predicted octanol–water partition coefficient (Wildman–Crippen LogP) is 3.07. The lowest BCUT2D eigenvalue weighted by atomic mass is 10.1. The molecule has 2 aromatic rings. The van der Waals surface area contributed by atoms with Crippen LogP contribution in [0.3, 0.4) is 0 Å². The molecule has 1 aliphatic heterocycles. The third-order valence-electron chi connectivity index (χ3n) is 3.07. The van der Waals surface area contributed by atoms with Crippen LogP contribution < -0.4 is 5.73 Å². The van der Waals surface area contributed by atoms with E-state index < -0.39 is 0 Å². The quantitative estimate of drug-likeness (QED) is 0.944. The average Bonchev–Trinajstić information content (AvgIpc) is 2.98. The molecule has 3 rings (SSSR count). The molecule has 2 N–H and O–H groups in total. The number of ether oxygens (including phenoxy) is 1. The van der Waals surface area contributed by atoms with Crippen molar-refractivity contribution in [2.24, 2.45) is 5.73 Å². The summed E-state index contributed by atoms with van der Waals surface area (Å²) in [6, 6.07) is 8.25. The Kier molecular flexibility index (Phi) is 4.18. The van der Waals surface area contributed by atoms with Crippen molar-refractivity contribution in [3.05, 3.63) is 40.2 Å². The van der Waals surface area contributed by atoms with Crippen molar-refractivity contribution < 1.29 is 4.74 Å². The lowest BCUT2D eigenvalue weighted by Crippen LogP contribution is -2.15. The van der Waals surface area contributed by atoms with E-state index in [0.29, 0.717) is 6.54 Å². The molecule has 1 saturated heterocycles.